The summed E-state index contributed by atoms with van der Waals surface area (Å²) in [4.78, 5) is 28.8. The van der Waals surface area contributed by atoms with Crippen molar-refractivity contribution < 1.29 is 14.7 Å². The van der Waals surface area contributed by atoms with E-state index in [4.69, 9.17) is 5.11 Å². The monoisotopic (exact) mass is 278 g/mol. The number of carbonyl (C=O) groups is 2. The molecule has 20 heavy (non-hydrogen) atoms. The van der Waals surface area contributed by atoms with Gasteiger partial charge in [0.25, 0.3) is 0 Å². The Kier molecular flexibility index (Phi) is 5.67. The normalized spacial score (nSPS) is 11.2. The highest BCUT2D eigenvalue weighted by atomic mass is 16.4. The van der Waals surface area contributed by atoms with Crippen LogP contribution in [-0.4, -0.2) is 33.4 Å². The van der Waals surface area contributed by atoms with Crippen molar-refractivity contribution in [3.8, 4) is 0 Å². The Labute approximate surface area is 119 Å². The first-order valence-electron chi connectivity index (χ1n) is 6.72. The summed E-state index contributed by atoms with van der Waals surface area (Å²) >= 11 is 0. The molecule has 0 radical (unpaired) electrons. The van der Waals surface area contributed by atoms with Crippen molar-refractivity contribution in [1.82, 2.24) is 9.88 Å². The van der Waals surface area contributed by atoms with E-state index in [1.807, 2.05) is 19.1 Å². The van der Waals surface area contributed by atoms with Crippen LogP contribution in [0.5, 0.6) is 0 Å². The Morgan fingerprint density at radius 3 is 2.35 bits per heavy atom. The molecule has 110 valence electrons. The van der Waals surface area contributed by atoms with Gasteiger partial charge in [-0.05, 0) is 30.0 Å². The van der Waals surface area contributed by atoms with Crippen LogP contribution in [0.25, 0.3) is 0 Å². The number of aromatic nitrogens is 1. The van der Waals surface area contributed by atoms with Gasteiger partial charge in [-0.1, -0.05) is 13.8 Å². The fourth-order valence-electron chi connectivity index (χ4n) is 2.08. The Balaban J connectivity index is 2.65. The van der Waals surface area contributed by atoms with Crippen LogP contribution in [0.15, 0.2) is 24.5 Å². The molecule has 1 aromatic rings. The molecule has 0 saturated carbocycles. The van der Waals surface area contributed by atoms with Gasteiger partial charge in [0.15, 0.2) is 0 Å². The third-order valence-electron chi connectivity index (χ3n) is 3.12. The second-order valence-electron chi connectivity index (χ2n) is 5.67. The van der Waals surface area contributed by atoms with Crippen molar-refractivity contribution >= 4 is 11.9 Å². The molecule has 1 amide bonds. The third kappa shape index (κ3) is 5.38. The number of nitrogens with zero attached hydrogens (tertiary/aromatic N) is 2. The Hall–Kier alpha value is -1.91. The molecule has 1 rings (SSSR count). The van der Waals surface area contributed by atoms with Crippen LogP contribution in [-0.2, 0) is 16.1 Å². The number of carbonyl (C=O) groups excluding carboxylic acids is 1. The second kappa shape index (κ2) is 7.03. The zero-order valence-corrected chi connectivity index (χ0v) is 12.3. The summed E-state index contributed by atoms with van der Waals surface area (Å²) in [6.07, 6.45) is 3.62. The fourth-order valence-corrected chi connectivity index (χ4v) is 2.08. The number of carboxylic acids is 1. The molecular formula is C15H22N2O3. The molecule has 5 nitrogen and oxygen atoms in total. The summed E-state index contributed by atoms with van der Waals surface area (Å²) < 4.78 is 0. The number of amides is 1. The van der Waals surface area contributed by atoms with Gasteiger partial charge in [-0.3, -0.25) is 14.6 Å². The summed E-state index contributed by atoms with van der Waals surface area (Å²) in [5, 5.41) is 8.86. The molecule has 0 bridgehead atoms. The molecule has 1 N–H and O–H groups in total. The van der Waals surface area contributed by atoms with Gasteiger partial charge in [0.1, 0.15) is 0 Å². The highest BCUT2D eigenvalue weighted by molar-refractivity contribution is 5.78. The van der Waals surface area contributed by atoms with Gasteiger partial charge in [-0.2, -0.15) is 0 Å². The molecule has 1 aromatic heterocycles. The molecule has 0 fully saturated rings. The standard InChI is InChI=1S/C15H22N2O3/c1-4-17(11-12-5-7-16-8-6-12)13(18)9-15(2,3)10-14(19)20/h5-8H,4,9-11H2,1-3H3,(H,19,20). The average Bonchev–Trinajstić information content (AvgIpc) is 2.34. The van der Waals surface area contributed by atoms with Gasteiger partial charge >= 0.3 is 5.97 Å². The zero-order valence-electron chi connectivity index (χ0n) is 12.3. The van der Waals surface area contributed by atoms with Crippen molar-refractivity contribution in [2.45, 2.75) is 40.2 Å². The quantitative estimate of drug-likeness (QED) is 0.831. The number of pyridine rings is 1. The number of aliphatic carboxylic acids is 1. The minimum absolute atomic E-state index is 0.00838. The van der Waals surface area contributed by atoms with Crippen molar-refractivity contribution in [1.29, 1.82) is 0 Å². The lowest BCUT2D eigenvalue weighted by atomic mass is 9.85. The van der Waals surface area contributed by atoms with E-state index < -0.39 is 11.4 Å². The van der Waals surface area contributed by atoms with E-state index in [0.717, 1.165) is 5.56 Å². The summed E-state index contributed by atoms with van der Waals surface area (Å²) in [5.41, 5.74) is 0.487. The van der Waals surface area contributed by atoms with E-state index in [2.05, 4.69) is 4.98 Å². The lowest BCUT2D eigenvalue weighted by Crippen LogP contribution is -2.34. The van der Waals surface area contributed by atoms with Crippen molar-refractivity contribution in [2.24, 2.45) is 5.41 Å². The summed E-state index contributed by atoms with van der Waals surface area (Å²) in [6.45, 7) is 6.66. The lowest BCUT2D eigenvalue weighted by Gasteiger charge is -2.27. The van der Waals surface area contributed by atoms with Crippen LogP contribution < -0.4 is 0 Å². The van der Waals surface area contributed by atoms with E-state index in [-0.39, 0.29) is 18.7 Å². The molecule has 5 heteroatoms. The van der Waals surface area contributed by atoms with Crippen molar-refractivity contribution in [3.05, 3.63) is 30.1 Å². The molecular weight excluding hydrogens is 256 g/mol. The minimum atomic E-state index is -0.875. The van der Waals surface area contributed by atoms with Gasteiger partial charge in [0.05, 0.1) is 6.42 Å². The maximum atomic E-state index is 12.3. The number of rotatable bonds is 7. The van der Waals surface area contributed by atoms with Gasteiger partial charge in [-0.15, -0.1) is 0 Å². The van der Waals surface area contributed by atoms with Crippen LogP contribution >= 0.6 is 0 Å². The predicted molar refractivity (Wildman–Crippen MR) is 76.0 cm³/mol. The SMILES string of the molecule is CCN(Cc1ccncc1)C(=O)CC(C)(C)CC(=O)O. The van der Waals surface area contributed by atoms with E-state index in [0.29, 0.717) is 13.1 Å². The first kappa shape index (κ1) is 16.1. The Bertz CT molecular complexity index is 457. The summed E-state index contributed by atoms with van der Waals surface area (Å²) in [7, 11) is 0. The number of hydrogen-bond acceptors (Lipinski definition) is 3. The number of hydrogen-bond donors (Lipinski definition) is 1. The Morgan fingerprint density at radius 2 is 1.85 bits per heavy atom. The predicted octanol–water partition coefficient (Wildman–Crippen LogP) is 2.32. The maximum Gasteiger partial charge on any atom is 0.303 e. The van der Waals surface area contributed by atoms with Gasteiger partial charge in [-0.25, -0.2) is 0 Å². The Morgan fingerprint density at radius 1 is 1.25 bits per heavy atom. The van der Waals surface area contributed by atoms with E-state index in [9.17, 15) is 9.59 Å². The first-order valence-corrected chi connectivity index (χ1v) is 6.72. The molecule has 0 spiro atoms. The van der Waals surface area contributed by atoms with Crippen LogP contribution in [0.4, 0.5) is 0 Å². The van der Waals surface area contributed by atoms with Gasteiger partial charge < -0.3 is 10.0 Å². The van der Waals surface area contributed by atoms with Gasteiger partial charge in [0.2, 0.25) is 5.91 Å². The fraction of sp³-hybridized carbons (Fsp3) is 0.533. The molecule has 0 saturated heterocycles. The van der Waals surface area contributed by atoms with E-state index in [1.54, 1.807) is 31.1 Å². The molecule has 0 atom stereocenters. The smallest absolute Gasteiger partial charge is 0.303 e. The molecule has 0 aliphatic rings. The molecule has 0 aliphatic carbocycles. The topological polar surface area (TPSA) is 70.5 Å². The molecule has 0 aromatic carbocycles. The summed E-state index contributed by atoms with van der Waals surface area (Å²) in [5.74, 6) is -0.893. The molecule has 0 unspecified atom stereocenters. The zero-order chi connectivity index (χ0) is 15.2. The van der Waals surface area contributed by atoms with E-state index >= 15 is 0 Å². The highest BCUT2D eigenvalue weighted by Crippen LogP contribution is 2.26. The molecule has 0 aliphatic heterocycles. The average molecular weight is 278 g/mol. The summed E-state index contributed by atoms with van der Waals surface area (Å²) in [6, 6.07) is 3.75. The minimum Gasteiger partial charge on any atom is -0.481 e. The van der Waals surface area contributed by atoms with Crippen molar-refractivity contribution in [3.63, 3.8) is 0 Å². The third-order valence-corrected chi connectivity index (χ3v) is 3.12. The maximum absolute atomic E-state index is 12.3. The van der Waals surface area contributed by atoms with Crippen molar-refractivity contribution in [2.75, 3.05) is 6.54 Å². The van der Waals surface area contributed by atoms with Crippen LogP contribution in [0.2, 0.25) is 0 Å². The van der Waals surface area contributed by atoms with E-state index in [1.165, 1.54) is 0 Å². The lowest BCUT2D eigenvalue weighted by molar-refractivity contribution is -0.140. The number of carboxylic acid groups (broad SMARTS) is 1. The van der Waals surface area contributed by atoms with Gasteiger partial charge in [0, 0.05) is 31.9 Å². The molecule has 1 heterocycles. The largest absolute Gasteiger partial charge is 0.481 e. The van der Waals surface area contributed by atoms with Crippen LogP contribution in [0.1, 0.15) is 39.2 Å². The highest BCUT2D eigenvalue weighted by Gasteiger charge is 2.27. The van der Waals surface area contributed by atoms with Crippen LogP contribution in [0.3, 0.4) is 0 Å². The first-order chi connectivity index (χ1) is 9.34. The second-order valence-corrected chi connectivity index (χ2v) is 5.67. The van der Waals surface area contributed by atoms with Crippen LogP contribution in [0, 0.1) is 5.41 Å².